The van der Waals surface area contributed by atoms with Gasteiger partial charge in [-0.3, -0.25) is 9.59 Å². The fourth-order valence-corrected chi connectivity index (χ4v) is 8.15. The van der Waals surface area contributed by atoms with Crippen LogP contribution < -0.4 is 0 Å². The van der Waals surface area contributed by atoms with Gasteiger partial charge in [0, 0.05) is 19.3 Å². The molecule has 4 aliphatic rings. The van der Waals surface area contributed by atoms with Crippen molar-refractivity contribution < 1.29 is 19.4 Å². The summed E-state index contributed by atoms with van der Waals surface area (Å²) in [5.74, 6) is 0.607. The van der Waals surface area contributed by atoms with Gasteiger partial charge in [0.15, 0.2) is 0 Å². The van der Waals surface area contributed by atoms with Gasteiger partial charge in [0.2, 0.25) is 0 Å². The molecule has 4 nitrogen and oxygen atoms in total. The minimum absolute atomic E-state index is 0.0420. The third-order valence-corrected chi connectivity index (χ3v) is 8.84. The molecule has 0 amide bonds. The van der Waals surface area contributed by atoms with Crippen LogP contribution >= 0.6 is 0 Å². The lowest BCUT2D eigenvalue weighted by molar-refractivity contribution is -0.166. The van der Waals surface area contributed by atoms with E-state index >= 15 is 0 Å². The minimum Gasteiger partial charge on any atom is -0.463 e. The number of fused-ring (bicyclic) bond motifs is 3. The molecule has 4 aliphatic carbocycles. The molecule has 0 heterocycles. The highest BCUT2D eigenvalue weighted by molar-refractivity contribution is 5.85. The molecule has 4 fully saturated rings. The zero-order valence-corrected chi connectivity index (χ0v) is 16.8. The second-order valence-corrected chi connectivity index (χ2v) is 10.9. The van der Waals surface area contributed by atoms with Crippen LogP contribution in [0.4, 0.5) is 0 Å². The van der Waals surface area contributed by atoms with E-state index in [1.54, 1.807) is 0 Å². The Balaban J connectivity index is 1.69. The lowest BCUT2D eigenvalue weighted by atomic mass is 9.41. The second kappa shape index (κ2) is 5.56. The van der Waals surface area contributed by atoms with Gasteiger partial charge in [-0.25, -0.2) is 0 Å². The molecule has 1 N–H and O–H groups in total. The van der Waals surface area contributed by atoms with Gasteiger partial charge in [-0.2, -0.15) is 0 Å². The van der Waals surface area contributed by atoms with E-state index in [4.69, 9.17) is 4.74 Å². The Morgan fingerprint density at radius 2 is 1.96 bits per heavy atom. The van der Waals surface area contributed by atoms with Crippen LogP contribution in [0.5, 0.6) is 0 Å². The van der Waals surface area contributed by atoms with Crippen LogP contribution in [0.15, 0.2) is 0 Å². The zero-order chi connectivity index (χ0) is 19.0. The van der Waals surface area contributed by atoms with Crippen LogP contribution in [0, 0.1) is 34.0 Å². The summed E-state index contributed by atoms with van der Waals surface area (Å²) in [7, 11) is 0. The van der Waals surface area contributed by atoms with E-state index in [0.717, 1.165) is 25.7 Å². The lowest BCUT2D eigenvalue weighted by Gasteiger charge is -2.63. The van der Waals surface area contributed by atoms with Crippen molar-refractivity contribution in [3.8, 4) is 0 Å². The number of hydrogen-bond donors (Lipinski definition) is 1. The monoisotopic (exact) mass is 362 g/mol. The number of ketones is 1. The van der Waals surface area contributed by atoms with Gasteiger partial charge in [-0.1, -0.05) is 27.2 Å². The van der Waals surface area contributed by atoms with Gasteiger partial charge >= 0.3 is 5.97 Å². The Hall–Kier alpha value is -0.900. The van der Waals surface area contributed by atoms with Gasteiger partial charge in [0.1, 0.15) is 18.0 Å². The number of aliphatic hydroxyl groups is 1. The van der Waals surface area contributed by atoms with Crippen molar-refractivity contribution in [2.45, 2.75) is 84.7 Å². The third-order valence-electron chi connectivity index (χ3n) is 8.84. The summed E-state index contributed by atoms with van der Waals surface area (Å²) >= 11 is 0. The predicted molar refractivity (Wildman–Crippen MR) is 98.3 cm³/mol. The van der Waals surface area contributed by atoms with Crippen LogP contribution in [0.1, 0.15) is 79.1 Å². The molecule has 1 spiro atoms. The zero-order valence-electron chi connectivity index (χ0n) is 16.8. The third kappa shape index (κ3) is 2.43. The highest BCUT2D eigenvalue weighted by Crippen LogP contribution is 2.71. The first-order chi connectivity index (χ1) is 12.0. The quantitative estimate of drug-likeness (QED) is 0.757. The fraction of sp³-hybridized carbons (Fsp3) is 0.909. The Morgan fingerprint density at radius 3 is 2.65 bits per heavy atom. The Bertz CT molecular complexity index is 640. The molecule has 0 saturated heterocycles. The molecule has 0 aromatic carbocycles. The second-order valence-electron chi connectivity index (χ2n) is 10.9. The average Bonchev–Trinajstić information content (AvgIpc) is 2.71. The van der Waals surface area contributed by atoms with Crippen molar-refractivity contribution in [3.63, 3.8) is 0 Å². The molecular formula is C22H34O4. The summed E-state index contributed by atoms with van der Waals surface area (Å²) in [6.45, 7) is 8.56. The van der Waals surface area contributed by atoms with Crippen molar-refractivity contribution in [2.24, 2.45) is 34.0 Å². The van der Waals surface area contributed by atoms with E-state index in [0.29, 0.717) is 30.0 Å². The smallest absolute Gasteiger partial charge is 0.302 e. The number of esters is 1. The van der Waals surface area contributed by atoms with Crippen LogP contribution in [-0.2, 0) is 14.3 Å². The summed E-state index contributed by atoms with van der Waals surface area (Å²) in [6, 6.07) is 0. The van der Waals surface area contributed by atoms with Crippen LogP contribution in [0.2, 0.25) is 0 Å². The molecule has 146 valence electrons. The topological polar surface area (TPSA) is 63.6 Å². The highest BCUT2D eigenvalue weighted by atomic mass is 16.5. The molecule has 4 rings (SSSR count). The molecule has 4 heteroatoms. The number of carbonyl (C=O) groups is 2. The molecule has 2 bridgehead atoms. The number of Topliss-reactive ketones (excluding diaryl/α,β-unsaturated/α-hetero) is 1. The van der Waals surface area contributed by atoms with Crippen LogP contribution in [-0.4, -0.2) is 29.1 Å². The summed E-state index contributed by atoms with van der Waals surface area (Å²) < 4.78 is 5.21. The van der Waals surface area contributed by atoms with Crippen molar-refractivity contribution in [3.05, 3.63) is 0 Å². The van der Waals surface area contributed by atoms with E-state index in [-0.39, 0.29) is 35.2 Å². The van der Waals surface area contributed by atoms with E-state index in [9.17, 15) is 14.7 Å². The number of ether oxygens (including phenoxy) is 1. The first-order valence-electron chi connectivity index (χ1n) is 10.4. The first-order valence-corrected chi connectivity index (χ1v) is 10.4. The molecule has 6 unspecified atom stereocenters. The van der Waals surface area contributed by atoms with Gasteiger partial charge in [-0.05, 0) is 66.6 Å². The van der Waals surface area contributed by atoms with Crippen molar-refractivity contribution in [1.29, 1.82) is 0 Å². The van der Waals surface area contributed by atoms with Gasteiger partial charge in [0.25, 0.3) is 0 Å². The maximum absolute atomic E-state index is 13.4. The average molecular weight is 363 g/mol. The molecule has 26 heavy (non-hydrogen) atoms. The van der Waals surface area contributed by atoms with Crippen molar-refractivity contribution in [2.75, 3.05) is 6.61 Å². The molecule has 4 saturated carbocycles. The van der Waals surface area contributed by atoms with E-state index in [2.05, 4.69) is 20.8 Å². The number of carbonyl (C=O) groups excluding carboxylic acids is 2. The Labute approximate surface area is 157 Å². The number of rotatable bonds is 2. The summed E-state index contributed by atoms with van der Waals surface area (Å²) in [5.41, 5.74) is -0.774. The largest absolute Gasteiger partial charge is 0.463 e. The summed E-state index contributed by atoms with van der Waals surface area (Å²) in [5, 5.41) is 11.3. The molecule has 6 atom stereocenters. The first kappa shape index (κ1) is 18.5. The fourth-order valence-electron chi connectivity index (χ4n) is 8.15. The highest BCUT2D eigenvalue weighted by Gasteiger charge is 2.69. The van der Waals surface area contributed by atoms with Gasteiger partial charge in [-0.15, -0.1) is 0 Å². The van der Waals surface area contributed by atoms with Crippen LogP contribution in [0.25, 0.3) is 0 Å². The minimum atomic E-state index is -1.02. The van der Waals surface area contributed by atoms with Crippen molar-refractivity contribution >= 4 is 11.8 Å². The molecule has 0 aliphatic heterocycles. The molecular weight excluding hydrogens is 328 g/mol. The van der Waals surface area contributed by atoms with Crippen molar-refractivity contribution in [1.82, 2.24) is 0 Å². The number of hydrogen-bond acceptors (Lipinski definition) is 4. The SMILES string of the molecule is CC(=O)OCC1(O)CC23CCC4C(C)(C)CCCC4(C)C2C(=O)CC1C3. The Morgan fingerprint density at radius 1 is 1.23 bits per heavy atom. The Kier molecular flexibility index (Phi) is 3.95. The van der Waals surface area contributed by atoms with Crippen LogP contribution in [0.3, 0.4) is 0 Å². The predicted octanol–water partition coefficient (Wildman–Crippen LogP) is 3.89. The van der Waals surface area contributed by atoms with Gasteiger partial charge < -0.3 is 9.84 Å². The maximum atomic E-state index is 13.4. The lowest BCUT2D eigenvalue weighted by Crippen LogP contribution is -2.58. The van der Waals surface area contributed by atoms with Gasteiger partial charge in [0.05, 0.1) is 0 Å². The summed E-state index contributed by atoms with van der Waals surface area (Å²) in [6.07, 6.45) is 7.76. The van der Waals surface area contributed by atoms with E-state index < -0.39 is 5.60 Å². The standard InChI is InChI=1S/C22H34O4/c1-14(23)26-13-22(25)12-21-9-6-17-19(2,3)7-5-8-20(17,4)18(21)16(24)10-15(22)11-21/h15,17-18,25H,5-13H2,1-4H3. The maximum Gasteiger partial charge on any atom is 0.302 e. The van der Waals surface area contributed by atoms with E-state index in [1.165, 1.54) is 19.8 Å². The normalized spacial score (nSPS) is 49.3. The summed E-state index contributed by atoms with van der Waals surface area (Å²) in [4.78, 5) is 24.7. The van der Waals surface area contributed by atoms with E-state index in [1.807, 2.05) is 0 Å². The molecule has 0 radical (unpaired) electrons. The molecule has 0 aromatic heterocycles. The molecule has 0 aromatic rings.